The molecular formula is C26H26N4O4. The van der Waals surface area contributed by atoms with Crippen LogP contribution < -0.4 is 24.8 Å². The van der Waals surface area contributed by atoms with E-state index in [1.165, 1.54) is 6.33 Å². The number of anilines is 3. The molecule has 0 fully saturated rings. The quantitative estimate of drug-likeness (QED) is 0.316. The average Bonchev–Trinajstić information content (AvgIpc) is 2.88. The van der Waals surface area contributed by atoms with Crippen molar-refractivity contribution in [2.45, 2.75) is 12.8 Å². The highest BCUT2D eigenvalue weighted by molar-refractivity contribution is 5.93. The number of carbonyl (C=O) groups is 1. The molecule has 0 unspecified atom stereocenters. The first-order valence-electron chi connectivity index (χ1n) is 10.9. The Hall–Kier alpha value is -4.33. The van der Waals surface area contributed by atoms with Gasteiger partial charge >= 0.3 is 0 Å². The molecule has 4 aromatic rings. The number of carbonyl (C=O) groups excluding carboxylic acids is 1. The lowest BCUT2D eigenvalue weighted by molar-refractivity contribution is -0.116. The fraction of sp³-hybridized carbons (Fsp3) is 0.192. The lowest BCUT2D eigenvalue weighted by atomic mass is 10.2. The maximum atomic E-state index is 12.2. The molecule has 0 saturated carbocycles. The number of methoxy groups -OCH3 is 2. The predicted octanol–water partition coefficient (Wildman–Crippen LogP) is 5.19. The molecule has 34 heavy (non-hydrogen) atoms. The van der Waals surface area contributed by atoms with Crippen LogP contribution in [0.5, 0.6) is 17.2 Å². The van der Waals surface area contributed by atoms with E-state index in [4.69, 9.17) is 14.2 Å². The lowest BCUT2D eigenvalue weighted by Crippen LogP contribution is -2.12. The summed E-state index contributed by atoms with van der Waals surface area (Å²) in [5, 5.41) is 7.01. The minimum Gasteiger partial charge on any atom is -0.494 e. The standard InChI is InChI=1S/C26H26N4O4/c1-32-23-15-21-22(16-24(23)33-2)27-17-28-26(21)30-19-12-10-18(11-13-19)29-25(31)9-6-14-34-20-7-4-3-5-8-20/h3-5,7-8,10-13,15-17H,6,9,14H2,1-2H3,(H,29,31)(H,27,28,30). The maximum Gasteiger partial charge on any atom is 0.224 e. The van der Waals surface area contributed by atoms with E-state index in [9.17, 15) is 4.79 Å². The zero-order valence-electron chi connectivity index (χ0n) is 19.1. The summed E-state index contributed by atoms with van der Waals surface area (Å²) in [5.41, 5.74) is 2.28. The molecule has 3 aromatic carbocycles. The molecule has 0 aliphatic carbocycles. The molecule has 0 bridgehead atoms. The number of aromatic nitrogens is 2. The Morgan fingerprint density at radius 3 is 2.32 bits per heavy atom. The summed E-state index contributed by atoms with van der Waals surface area (Å²) in [5.74, 6) is 2.59. The normalized spacial score (nSPS) is 10.5. The van der Waals surface area contributed by atoms with E-state index < -0.39 is 0 Å². The third-order valence-electron chi connectivity index (χ3n) is 5.13. The van der Waals surface area contributed by atoms with Crippen LogP contribution in [0.1, 0.15) is 12.8 Å². The number of amides is 1. The van der Waals surface area contributed by atoms with E-state index >= 15 is 0 Å². The number of hydrogen-bond donors (Lipinski definition) is 2. The fourth-order valence-electron chi connectivity index (χ4n) is 3.42. The number of nitrogens with one attached hydrogen (secondary N) is 2. The average molecular weight is 459 g/mol. The molecule has 2 N–H and O–H groups in total. The monoisotopic (exact) mass is 458 g/mol. The zero-order valence-corrected chi connectivity index (χ0v) is 19.1. The van der Waals surface area contributed by atoms with Crippen LogP contribution in [0.4, 0.5) is 17.2 Å². The lowest BCUT2D eigenvalue weighted by Gasteiger charge is -2.12. The van der Waals surface area contributed by atoms with Gasteiger partial charge in [0.2, 0.25) is 5.91 Å². The molecule has 1 amide bonds. The van der Waals surface area contributed by atoms with Crippen molar-refractivity contribution < 1.29 is 19.0 Å². The van der Waals surface area contributed by atoms with Gasteiger partial charge in [-0.05, 0) is 48.9 Å². The molecule has 174 valence electrons. The molecule has 4 rings (SSSR count). The molecule has 8 nitrogen and oxygen atoms in total. The van der Waals surface area contributed by atoms with Crippen molar-refractivity contribution in [1.82, 2.24) is 9.97 Å². The number of para-hydroxylation sites is 1. The Labute approximate surface area is 197 Å². The Bertz CT molecular complexity index is 1250. The first-order chi connectivity index (χ1) is 16.7. The molecule has 0 aliphatic rings. The van der Waals surface area contributed by atoms with Crippen molar-refractivity contribution in [3.63, 3.8) is 0 Å². The van der Waals surface area contributed by atoms with Gasteiger partial charge in [0, 0.05) is 29.2 Å². The van der Waals surface area contributed by atoms with Crippen LogP contribution in [-0.2, 0) is 4.79 Å². The van der Waals surface area contributed by atoms with Crippen molar-refractivity contribution in [3.05, 3.63) is 73.1 Å². The van der Waals surface area contributed by atoms with Crippen LogP contribution in [0.2, 0.25) is 0 Å². The van der Waals surface area contributed by atoms with Gasteiger partial charge in [-0.25, -0.2) is 9.97 Å². The van der Waals surface area contributed by atoms with Gasteiger partial charge < -0.3 is 24.8 Å². The van der Waals surface area contributed by atoms with Crippen LogP contribution in [0.25, 0.3) is 10.9 Å². The van der Waals surface area contributed by atoms with Gasteiger partial charge in [0.15, 0.2) is 11.5 Å². The van der Waals surface area contributed by atoms with E-state index in [-0.39, 0.29) is 5.91 Å². The fourth-order valence-corrected chi connectivity index (χ4v) is 3.42. The van der Waals surface area contributed by atoms with Crippen molar-refractivity contribution in [2.75, 3.05) is 31.5 Å². The van der Waals surface area contributed by atoms with Gasteiger partial charge in [0.25, 0.3) is 0 Å². The van der Waals surface area contributed by atoms with E-state index in [0.717, 1.165) is 28.0 Å². The zero-order chi connectivity index (χ0) is 23.8. The second-order valence-corrected chi connectivity index (χ2v) is 7.46. The molecule has 1 aromatic heterocycles. The number of hydrogen-bond acceptors (Lipinski definition) is 7. The second-order valence-electron chi connectivity index (χ2n) is 7.46. The van der Waals surface area contributed by atoms with Crippen molar-refractivity contribution in [1.29, 1.82) is 0 Å². The van der Waals surface area contributed by atoms with Gasteiger partial charge in [-0.1, -0.05) is 18.2 Å². The summed E-state index contributed by atoms with van der Waals surface area (Å²) in [6.45, 7) is 0.490. The molecule has 8 heteroatoms. The highest BCUT2D eigenvalue weighted by atomic mass is 16.5. The molecule has 0 radical (unpaired) electrons. The minimum absolute atomic E-state index is 0.0554. The maximum absolute atomic E-state index is 12.2. The summed E-state index contributed by atoms with van der Waals surface area (Å²) < 4.78 is 16.4. The smallest absolute Gasteiger partial charge is 0.224 e. The van der Waals surface area contributed by atoms with Crippen LogP contribution in [0.15, 0.2) is 73.1 Å². The highest BCUT2D eigenvalue weighted by Gasteiger charge is 2.11. The van der Waals surface area contributed by atoms with Crippen molar-refractivity contribution in [2.24, 2.45) is 0 Å². The molecule has 0 saturated heterocycles. The third-order valence-corrected chi connectivity index (χ3v) is 5.13. The Morgan fingerprint density at radius 1 is 0.882 bits per heavy atom. The van der Waals surface area contributed by atoms with E-state index in [1.54, 1.807) is 14.2 Å². The molecule has 0 atom stereocenters. The highest BCUT2D eigenvalue weighted by Crippen LogP contribution is 2.34. The van der Waals surface area contributed by atoms with Gasteiger partial charge in [-0.2, -0.15) is 0 Å². The van der Waals surface area contributed by atoms with Gasteiger partial charge in [0.1, 0.15) is 17.9 Å². The Kier molecular flexibility index (Phi) is 7.39. The second kappa shape index (κ2) is 11.0. The number of ether oxygens (including phenoxy) is 3. The van der Waals surface area contributed by atoms with Crippen LogP contribution in [0, 0.1) is 0 Å². The summed E-state index contributed by atoms with van der Waals surface area (Å²) in [6, 6.07) is 20.7. The van der Waals surface area contributed by atoms with Crippen LogP contribution in [-0.4, -0.2) is 36.7 Å². The van der Waals surface area contributed by atoms with Gasteiger partial charge in [-0.3, -0.25) is 4.79 Å². The predicted molar refractivity (Wildman–Crippen MR) is 132 cm³/mol. The summed E-state index contributed by atoms with van der Waals surface area (Å²) >= 11 is 0. The van der Waals surface area contributed by atoms with E-state index in [0.29, 0.717) is 36.8 Å². The molecular weight excluding hydrogens is 432 g/mol. The topological polar surface area (TPSA) is 94.6 Å². The number of fused-ring (bicyclic) bond motifs is 1. The first kappa shape index (κ1) is 22.8. The number of rotatable bonds is 10. The molecule has 0 aliphatic heterocycles. The van der Waals surface area contributed by atoms with Crippen molar-refractivity contribution >= 4 is 34.0 Å². The van der Waals surface area contributed by atoms with Crippen LogP contribution in [0.3, 0.4) is 0 Å². The first-order valence-corrected chi connectivity index (χ1v) is 10.9. The Balaban J connectivity index is 1.34. The number of benzene rings is 3. The SMILES string of the molecule is COc1cc2ncnc(Nc3ccc(NC(=O)CCCOc4ccccc4)cc3)c2cc1OC. The summed E-state index contributed by atoms with van der Waals surface area (Å²) in [7, 11) is 3.17. The van der Waals surface area contributed by atoms with E-state index in [2.05, 4.69) is 20.6 Å². The molecule has 1 heterocycles. The number of nitrogens with zero attached hydrogens (tertiary/aromatic N) is 2. The summed E-state index contributed by atoms with van der Waals surface area (Å²) in [6.07, 6.45) is 2.51. The Morgan fingerprint density at radius 2 is 1.59 bits per heavy atom. The van der Waals surface area contributed by atoms with Gasteiger partial charge in [0.05, 0.1) is 26.3 Å². The molecule has 0 spiro atoms. The summed E-state index contributed by atoms with van der Waals surface area (Å²) in [4.78, 5) is 20.9. The minimum atomic E-state index is -0.0554. The largest absolute Gasteiger partial charge is 0.494 e. The van der Waals surface area contributed by atoms with E-state index in [1.807, 2.05) is 66.7 Å². The third kappa shape index (κ3) is 5.72. The van der Waals surface area contributed by atoms with Crippen molar-refractivity contribution in [3.8, 4) is 17.2 Å². The van der Waals surface area contributed by atoms with Gasteiger partial charge in [-0.15, -0.1) is 0 Å². The van der Waals surface area contributed by atoms with Crippen LogP contribution >= 0.6 is 0 Å².